The van der Waals surface area contributed by atoms with Crippen LogP contribution in [0.15, 0.2) is 18.2 Å². The van der Waals surface area contributed by atoms with Crippen molar-refractivity contribution in [2.75, 3.05) is 5.75 Å². The molecule has 0 saturated heterocycles. The van der Waals surface area contributed by atoms with E-state index in [1.54, 1.807) is 0 Å². The molecule has 1 aromatic rings. The molecule has 8 heteroatoms. The minimum Gasteiger partial charge on any atom is -0.258 e. The van der Waals surface area contributed by atoms with Crippen molar-refractivity contribution in [3.63, 3.8) is 0 Å². The van der Waals surface area contributed by atoms with Gasteiger partial charge in [-0.3, -0.25) is 10.1 Å². The number of benzene rings is 1. The van der Waals surface area contributed by atoms with Crippen molar-refractivity contribution in [1.82, 2.24) is 0 Å². The number of aryl methyl sites for hydroxylation is 1. The molecule has 0 amide bonds. The van der Waals surface area contributed by atoms with Crippen molar-refractivity contribution in [2.45, 2.75) is 6.42 Å². The molecule has 16 heavy (non-hydrogen) atoms. The summed E-state index contributed by atoms with van der Waals surface area (Å²) in [4.78, 5) is 9.85. The molecule has 0 unspecified atom stereocenters. The average molecular weight is 284 g/mol. The molecule has 0 heterocycles. The summed E-state index contributed by atoms with van der Waals surface area (Å²) in [6, 6.07) is 4.05. The first-order chi connectivity index (χ1) is 7.29. The van der Waals surface area contributed by atoms with E-state index in [9.17, 15) is 18.5 Å². The van der Waals surface area contributed by atoms with Crippen LogP contribution in [0.4, 0.5) is 5.69 Å². The summed E-state index contributed by atoms with van der Waals surface area (Å²) in [6.07, 6.45) is 0.170. The monoisotopic (exact) mass is 283 g/mol. The van der Waals surface area contributed by atoms with Crippen molar-refractivity contribution in [2.24, 2.45) is 0 Å². The Morgan fingerprint density at radius 3 is 2.44 bits per heavy atom. The van der Waals surface area contributed by atoms with Gasteiger partial charge in [-0.25, -0.2) is 8.42 Å². The molecule has 5 nitrogen and oxygen atoms in total. The molecule has 0 spiro atoms. The van der Waals surface area contributed by atoms with E-state index >= 15 is 0 Å². The van der Waals surface area contributed by atoms with Crippen LogP contribution in [0.2, 0.25) is 5.02 Å². The number of nitrogens with zero attached hydrogens (tertiary/aromatic N) is 1. The number of nitro groups is 1. The van der Waals surface area contributed by atoms with Crippen molar-refractivity contribution in [3.05, 3.63) is 38.9 Å². The zero-order valence-corrected chi connectivity index (χ0v) is 10.2. The van der Waals surface area contributed by atoms with Gasteiger partial charge in [0.15, 0.2) is 0 Å². The van der Waals surface area contributed by atoms with Crippen molar-refractivity contribution in [1.29, 1.82) is 0 Å². The van der Waals surface area contributed by atoms with E-state index in [1.807, 2.05) is 0 Å². The van der Waals surface area contributed by atoms with Gasteiger partial charge < -0.3 is 0 Å². The predicted molar refractivity (Wildman–Crippen MR) is 61.5 cm³/mol. The Kier molecular flexibility index (Phi) is 4.12. The molecule has 0 bridgehead atoms. The van der Waals surface area contributed by atoms with Gasteiger partial charge in [-0.1, -0.05) is 17.7 Å². The molecule has 88 valence electrons. The summed E-state index contributed by atoms with van der Waals surface area (Å²) in [6.45, 7) is 0. The lowest BCUT2D eigenvalue weighted by molar-refractivity contribution is -0.384. The Bertz CT molecular complexity index is 515. The Morgan fingerprint density at radius 2 is 2.00 bits per heavy atom. The summed E-state index contributed by atoms with van der Waals surface area (Å²) < 4.78 is 21.4. The third kappa shape index (κ3) is 3.96. The number of halogens is 2. The van der Waals surface area contributed by atoms with Crippen LogP contribution >= 0.6 is 22.3 Å². The molecular weight excluding hydrogens is 277 g/mol. The molecule has 0 N–H and O–H groups in total. The molecule has 0 aliphatic rings. The number of hydrogen-bond donors (Lipinski definition) is 0. The van der Waals surface area contributed by atoms with Gasteiger partial charge in [0, 0.05) is 16.7 Å². The van der Waals surface area contributed by atoms with Crippen LogP contribution in [0.1, 0.15) is 5.56 Å². The number of rotatable bonds is 4. The minimum atomic E-state index is -3.57. The summed E-state index contributed by atoms with van der Waals surface area (Å²) >= 11 is 5.65. The van der Waals surface area contributed by atoms with E-state index in [4.69, 9.17) is 22.3 Å². The average Bonchev–Trinajstić information content (AvgIpc) is 2.13. The highest BCUT2D eigenvalue weighted by Crippen LogP contribution is 2.25. The van der Waals surface area contributed by atoms with E-state index < -0.39 is 14.0 Å². The fraction of sp³-hybridized carbons (Fsp3) is 0.250. The second kappa shape index (κ2) is 4.99. The van der Waals surface area contributed by atoms with E-state index in [0.717, 1.165) is 0 Å². The molecule has 0 aliphatic carbocycles. The van der Waals surface area contributed by atoms with E-state index in [1.165, 1.54) is 18.2 Å². The van der Waals surface area contributed by atoms with Crippen LogP contribution in [-0.2, 0) is 15.5 Å². The van der Waals surface area contributed by atoms with Crippen molar-refractivity contribution < 1.29 is 13.3 Å². The second-order valence-electron chi connectivity index (χ2n) is 3.04. The molecule has 0 aromatic heterocycles. The van der Waals surface area contributed by atoms with Gasteiger partial charge in [0.25, 0.3) is 5.69 Å². The minimum absolute atomic E-state index is 0.0190. The topological polar surface area (TPSA) is 77.3 Å². The van der Waals surface area contributed by atoms with Gasteiger partial charge in [0.2, 0.25) is 9.05 Å². The third-order valence-corrected chi connectivity index (χ3v) is 3.30. The quantitative estimate of drug-likeness (QED) is 0.483. The first-order valence-corrected chi connectivity index (χ1v) is 7.00. The lowest BCUT2D eigenvalue weighted by atomic mass is 10.1. The first-order valence-electron chi connectivity index (χ1n) is 4.15. The molecule has 0 radical (unpaired) electrons. The highest BCUT2D eigenvalue weighted by atomic mass is 35.7. The smallest absolute Gasteiger partial charge is 0.258 e. The van der Waals surface area contributed by atoms with Crippen LogP contribution in [0.5, 0.6) is 0 Å². The molecule has 0 fully saturated rings. The van der Waals surface area contributed by atoms with E-state index in [-0.39, 0.29) is 22.9 Å². The summed E-state index contributed by atoms with van der Waals surface area (Å²) in [5.41, 5.74) is 0.374. The lowest BCUT2D eigenvalue weighted by Gasteiger charge is -2.00. The normalized spacial score (nSPS) is 11.4. The molecular formula is C8H7Cl2NO4S. The summed E-state index contributed by atoms with van der Waals surface area (Å²) in [7, 11) is 1.47. The van der Waals surface area contributed by atoms with Gasteiger partial charge in [0.1, 0.15) is 5.02 Å². The Hall–Kier alpha value is -0.850. The SMILES string of the molecule is O=[N+]([O-])c1ccc(CCS(=O)(=O)Cl)cc1Cl. The molecule has 0 aliphatic heterocycles. The largest absolute Gasteiger partial charge is 0.287 e. The fourth-order valence-electron chi connectivity index (χ4n) is 1.09. The zero-order chi connectivity index (χ0) is 12.3. The predicted octanol–water partition coefficient (Wildman–Crippen LogP) is 2.36. The standard InChI is InChI=1S/C8H7Cl2NO4S/c9-7-5-6(3-4-16(10,14)15)1-2-8(7)11(12)13/h1-2,5H,3-4H2. The zero-order valence-electron chi connectivity index (χ0n) is 7.89. The summed E-state index contributed by atoms with van der Waals surface area (Å²) in [5, 5.41) is 10.4. The van der Waals surface area contributed by atoms with Crippen LogP contribution in [0, 0.1) is 10.1 Å². The fourth-order valence-corrected chi connectivity index (χ4v) is 2.08. The van der Waals surface area contributed by atoms with Crippen LogP contribution < -0.4 is 0 Å². The first kappa shape index (κ1) is 13.2. The molecule has 1 rings (SSSR count). The highest BCUT2D eigenvalue weighted by molar-refractivity contribution is 8.13. The van der Waals surface area contributed by atoms with Crippen LogP contribution in [0.25, 0.3) is 0 Å². The van der Waals surface area contributed by atoms with Crippen LogP contribution in [-0.4, -0.2) is 19.1 Å². The second-order valence-corrected chi connectivity index (χ2v) is 6.34. The van der Waals surface area contributed by atoms with E-state index in [2.05, 4.69) is 0 Å². The lowest BCUT2D eigenvalue weighted by Crippen LogP contribution is -2.01. The maximum absolute atomic E-state index is 10.7. The van der Waals surface area contributed by atoms with Gasteiger partial charge in [-0.15, -0.1) is 0 Å². The summed E-state index contributed by atoms with van der Waals surface area (Å²) in [5.74, 6) is -0.233. The van der Waals surface area contributed by atoms with Crippen molar-refractivity contribution >= 4 is 37.0 Å². The molecule has 1 aromatic carbocycles. The Balaban J connectivity index is 2.86. The highest BCUT2D eigenvalue weighted by Gasteiger charge is 2.13. The number of hydrogen-bond acceptors (Lipinski definition) is 4. The van der Waals surface area contributed by atoms with Gasteiger partial charge in [-0.2, -0.15) is 0 Å². The van der Waals surface area contributed by atoms with Gasteiger partial charge in [-0.05, 0) is 18.1 Å². The Labute approximate surface area is 102 Å². The number of nitro benzene ring substituents is 1. The van der Waals surface area contributed by atoms with Crippen molar-refractivity contribution in [3.8, 4) is 0 Å². The maximum Gasteiger partial charge on any atom is 0.287 e. The van der Waals surface area contributed by atoms with Gasteiger partial charge in [0.05, 0.1) is 10.7 Å². The Morgan fingerprint density at radius 1 is 1.38 bits per heavy atom. The van der Waals surface area contributed by atoms with Gasteiger partial charge >= 0.3 is 0 Å². The molecule has 0 saturated carbocycles. The maximum atomic E-state index is 10.7. The third-order valence-electron chi connectivity index (χ3n) is 1.84. The van der Waals surface area contributed by atoms with Crippen LogP contribution in [0.3, 0.4) is 0 Å². The van der Waals surface area contributed by atoms with E-state index in [0.29, 0.717) is 5.56 Å². The molecule has 0 atom stereocenters.